The van der Waals surface area contributed by atoms with Crippen molar-refractivity contribution in [1.29, 1.82) is 0 Å². The van der Waals surface area contributed by atoms with Crippen molar-refractivity contribution in [3.63, 3.8) is 0 Å². The van der Waals surface area contributed by atoms with Gasteiger partial charge in [-0.15, -0.1) is 0 Å². The van der Waals surface area contributed by atoms with E-state index in [0.29, 0.717) is 17.5 Å². The van der Waals surface area contributed by atoms with Crippen molar-refractivity contribution in [2.24, 2.45) is 0 Å². The molecule has 2 N–H and O–H groups in total. The Balaban J connectivity index is 2.18. The topological polar surface area (TPSA) is 58.2 Å². The normalized spacial score (nSPS) is 19.3. The minimum absolute atomic E-state index is 0.0665. The van der Waals surface area contributed by atoms with Crippen molar-refractivity contribution >= 4 is 21.8 Å². The zero-order chi connectivity index (χ0) is 15.5. The Labute approximate surface area is 132 Å². The number of sulfonamides is 1. The molecule has 4 nitrogen and oxygen atoms in total. The van der Waals surface area contributed by atoms with Gasteiger partial charge in [-0.2, -0.15) is 11.8 Å². The molecule has 1 heterocycles. The highest BCUT2D eigenvalue weighted by atomic mass is 32.2. The fourth-order valence-electron chi connectivity index (χ4n) is 2.28. The average Bonchev–Trinajstić information content (AvgIpc) is 2.89. The number of hydrogen-bond donors (Lipinski definition) is 2. The molecule has 1 aliphatic heterocycles. The van der Waals surface area contributed by atoms with Crippen molar-refractivity contribution in [2.45, 2.75) is 50.7 Å². The predicted molar refractivity (Wildman–Crippen MR) is 89.2 cm³/mol. The molecule has 1 aromatic rings. The molecule has 1 atom stereocenters. The van der Waals surface area contributed by atoms with E-state index in [0.717, 1.165) is 29.1 Å². The molecule has 118 valence electrons. The first-order chi connectivity index (χ1) is 9.88. The summed E-state index contributed by atoms with van der Waals surface area (Å²) in [5.74, 6) is 1.90. The summed E-state index contributed by atoms with van der Waals surface area (Å²) in [4.78, 5) is 0.405. The van der Waals surface area contributed by atoms with Crippen LogP contribution in [0.25, 0.3) is 0 Å². The lowest BCUT2D eigenvalue weighted by molar-refractivity contribution is 0.561. The Morgan fingerprint density at radius 1 is 1.38 bits per heavy atom. The summed E-state index contributed by atoms with van der Waals surface area (Å²) in [6, 6.07) is 6.09. The molecule has 1 saturated heterocycles. The molecule has 1 unspecified atom stereocenters. The zero-order valence-electron chi connectivity index (χ0n) is 12.8. The molecular formula is C15H24N2O2S2. The molecule has 0 radical (unpaired) electrons. The van der Waals surface area contributed by atoms with Crippen LogP contribution in [0, 0.1) is 6.92 Å². The summed E-state index contributed by atoms with van der Waals surface area (Å²) in [6.45, 7) is 6.67. The second-order valence-corrected chi connectivity index (χ2v) is 8.65. The van der Waals surface area contributed by atoms with E-state index in [4.69, 9.17) is 0 Å². The molecule has 1 aliphatic rings. The minimum Gasteiger partial charge on any atom is -0.310 e. The third kappa shape index (κ3) is 4.71. The summed E-state index contributed by atoms with van der Waals surface area (Å²) < 4.78 is 28.0. The van der Waals surface area contributed by atoms with Crippen LogP contribution in [0.2, 0.25) is 0 Å². The summed E-state index contributed by atoms with van der Waals surface area (Å²) in [7, 11) is -3.43. The second-order valence-electron chi connectivity index (χ2n) is 5.82. The van der Waals surface area contributed by atoms with Gasteiger partial charge in [0.1, 0.15) is 0 Å². The predicted octanol–water partition coefficient (Wildman–Crippen LogP) is 2.28. The van der Waals surface area contributed by atoms with Gasteiger partial charge in [-0.3, -0.25) is 0 Å². The Morgan fingerprint density at radius 3 is 2.76 bits per heavy atom. The fraction of sp³-hybridized carbons (Fsp3) is 0.600. The summed E-state index contributed by atoms with van der Waals surface area (Å²) in [6.07, 6.45) is 0.914. The van der Waals surface area contributed by atoms with E-state index in [1.807, 2.05) is 19.1 Å². The maximum atomic E-state index is 12.6. The Bertz CT molecular complexity index is 579. The smallest absolute Gasteiger partial charge is 0.241 e. The minimum atomic E-state index is -3.43. The van der Waals surface area contributed by atoms with Crippen LogP contribution >= 0.6 is 11.8 Å². The molecular weight excluding hydrogens is 304 g/mol. The van der Waals surface area contributed by atoms with Gasteiger partial charge in [-0.1, -0.05) is 26.0 Å². The van der Waals surface area contributed by atoms with Gasteiger partial charge in [0.15, 0.2) is 0 Å². The molecule has 21 heavy (non-hydrogen) atoms. The van der Waals surface area contributed by atoms with Gasteiger partial charge >= 0.3 is 0 Å². The zero-order valence-corrected chi connectivity index (χ0v) is 14.5. The van der Waals surface area contributed by atoms with Crippen LogP contribution in [0.15, 0.2) is 23.1 Å². The summed E-state index contributed by atoms with van der Waals surface area (Å²) in [5.41, 5.74) is 1.79. The third-order valence-corrected chi connectivity index (χ3v) is 6.33. The van der Waals surface area contributed by atoms with Crippen LogP contribution in [0.3, 0.4) is 0 Å². The van der Waals surface area contributed by atoms with Gasteiger partial charge in [0.2, 0.25) is 10.0 Å². The standard InChI is InChI=1S/C15H24N2O2S2/c1-11(2)16-9-13-5-4-12(3)15(8-13)21(18,19)17-14-6-7-20-10-14/h4-5,8,11,14,16-17H,6-7,9-10H2,1-3H3. The van der Waals surface area contributed by atoms with Crippen LogP contribution in [0.4, 0.5) is 0 Å². The van der Waals surface area contributed by atoms with E-state index in [1.54, 1.807) is 17.8 Å². The fourth-order valence-corrected chi connectivity index (χ4v) is 5.10. The van der Waals surface area contributed by atoms with E-state index in [2.05, 4.69) is 23.9 Å². The molecule has 0 saturated carbocycles. The highest BCUT2D eigenvalue weighted by Crippen LogP contribution is 2.22. The van der Waals surface area contributed by atoms with Gasteiger partial charge in [-0.05, 0) is 36.3 Å². The number of rotatable bonds is 6. The van der Waals surface area contributed by atoms with E-state index in [-0.39, 0.29) is 6.04 Å². The SMILES string of the molecule is Cc1ccc(CNC(C)C)cc1S(=O)(=O)NC1CCSC1. The first-order valence-corrected chi connectivity index (χ1v) is 9.95. The molecule has 0 aliphatic carbocycles. The van der Waals surface area contributed by atoms with Crippen LogP contribution < -0.4 is 10.0 Å². The summed E-state index contributed by atoms with van der Waals surface area (Å²) >= 11 is 1.80. The van der Waals surface area contributed by atoms with Crippen molar-refractivity contribution in [3.8, 4) is 0 Å². The Kier molecular flexibility index (Phi) is 5.71. The van der Waals surface area contributed by atoms with E-state index in [9.17, 15) is 8.42 Å². The van der Waals surface area contributed by atoms with Crippen LogP contribution in [-0.2, 0) is 16.6 Å². The highest BCUT2D eigenvalue weighted by molar-refractivity contribution is 7.99. The largest absolute Gasteiger partial charge is 0.310 e. The Hall–Kier alpha value is -0.560. The molecule has 0 bridgehead atoms. The monoisotopic (exact) mass is 328 g/mol. The molecule has 1 fully saturated rings. The lowest BCUT2D eigenvalue weighted by Crippen LogP contribution is -2.35. The van der Waals surface area contributed by atoms with Crippen molar-refractivity contribution in [2.75, 3.05) is 11.5 Å². The molecule has 2 rings (SSSR count). The molecule has 6 heteroatoms. The maximum absolute atomic E-state index is 12.6. The lowest BCUT2D eigenvalue weighted by atomic mass is 10.1. The first kappa shape index (κ1) is 16.8. The Morgan fingerprint density at radius 2 is 2.14 bits per heavy atom. The summed E-state index contributed by atoms with van der Waals surface area (Å²) in [5, 5.41) is 3.31. The highest BCUT2D eigenvalue weighted by Gasteiger charge is 2.24. The number of benzene rings is 1. The number of hydrogen-bond acceptors (Lipinski definition) is 4. The van der Waals surface area contributed by atoms with Crippen molar-refractivity contribution < 1.29 is 8.42 Å². The van der Waals surface area contributed by atoms with Gasteiger partial charge < -0.3 is 5.32 Å². The van der Waals surface area contributed by atoms with Crippen LogP contribution in [0.5, 0.6) is 0 Å². The third-order valence-electron chi connectivity index (χ3n) is 3.51. The van der Waals surface area contributed by atoms with E-state index >= 15 is 0 Å². The average molecular weight is 329 g/mol. The van der Waals surface area contributed by atoms with Gasteiger partial charge in [0.05, 0.1) is 4.90 Å². The van der Waals surface area contributed by atoms with Gasteiger partial charge in [0.25, 0.3) is 0 Å². The van der Waals surface area contributed by atoms with Gasteiger partial charge in [0, 0.05) is 24.4 Å². The number of thioether (sulfide) groups is 1. The van der Waals surface area contributed by atoms with E-state index in [1.165, 1.54) is 0 Å². The molecule has 1 aromatic carbocycles. The number of nitrogens with one attached hydrogen (secondary N) is 2. The van der Waals surface area contributed by atoms with Gasteiger partial charge in [-0.25, -0.2) is 13.1 Å². The maximum Gasteiger partial charge on any atom is 0.241 e. The van der Waals surface area contributed by atoms with Crippen molar-refractivity contribution in [3.05, 3.63) is 29.3 Å². The second kappa shape index (κ2) is 7.13. The molecule has 0 aromatic heterocycles. The first-order valence-electron chi connectivity index (χ1n) is 7.31. The van der Waals surface area contributed by atoms with Crippen LogP contribution in [0.1, 0.15) is 31.4 Å². The molecule has 0 amide bonds. The van der Waals surface area contributed by atoms with Crippen molar-refractivity contribution in [1.82, 2.24) is 10.0 Å². The lowest BCUT2D eigenvalue weighted by Gasteiger charge is -2.15. The van der Waals surface area contributed by atoms with E-state index < -0.39 is 10.0 Å². The van der Waals surface area contributed by atoms with Crippen LogP contribution in [-0.4, -0.2) is 32.0 Å². The quantitative estimate of drug-likeness (QED) is 0.841. The molecule has 0 spiro atoms. The number of aryl methyl sites for hydroxylation is 1.